The number of methoxy groups -OCH3 is 16. The fourth-order valence-electron chi connectivity index (χ4n) is 15.2. The molecule has 32 heteroatoms. The van der Waals surface area contributed by atoms with Crippen LogP contribution < -0.4 is 0 Å². The van der Waals surface area contributed by atoms with E-state index in [1.54, 1.807) is 70.7 Å². The number of fused-ring (bicyclic) bond motifs is 4. The topological polar surface area (TPSA) is 409 Å². The zero-order valence-electron chi connectivity index (χ0n) is 73.8. The van der Waals surface area contributed by atoms with Gasteiger partial charge >= 0.3 is 47.8 Å². The Morgan fingerprint density at radius 3 is 0.750 bits per heavy atom. The summed E-state index contributed by atoms with van der Waals surface area (Å²) < 4.78 is 101. The highest BCUT2D eigenvalue weighted by atomic mass is 16.6. The SMILES string of the molecule is C=C1/C(=C/C(=O)OC)CC(OC)CC1O.C=C1/C(=C/C(=O)OC)CC(OC)CC1O.COC(=O)/C=C1/CC(OC)CC2O[C@@]12C.COC(=O)/C=C1/CC(OC)CC2O[C@]12C.COC(=O)/C=C1\CC(OC)CC2O[C@@]12C.COC(=O)/C=C1\CC(OC)CC2O[C@]12C.COC(=O)CC1=C(C)C(=O)CC(OC)C1.COC(=O)CC1=C(C)C(=O)CC(OC)C1. The van der Waals surface area contributed by atoms with Crippen molar-refractivity contribution in [1.82, 2.24) is 0 Å². The van der Waals surface area contributed by atoms with Crippen molar-refractivity contribution in [2.45, 2.75) is 265 Å². The Morgan fingerprint density at radius 1 is 0.325 bits per heavy atom. The van der Waals surface area contributed by atoms with E-state index in [1.807, 2.05) is 27.7 Å². The Bertz CT molecular complexity index is 3540. The summed E-state index contributed by atoms with van der Waals surface area (Å²) >= 11 is 0. The monoisotopic (exact) mass is 1700 g/mol. The standard InChI is InChI=1S/8C11H16O4/c4*1-11-7(5-10(12)14-3)4-8(13-2)6-9(11)15-11;4*1-7-8(5-11(13)15-3)4-9(14-2)6-10(7)12/h4*5,8-9H,4,6H2,1-3H3;2*9H,4-6H2,1-3H3;2*5,9-10,12H,1,4,6H2,2-3H3/b2*7-5+;2*7-5-;;;2*8-5+/t4*8?,9?,11-;;;;/m1010..../s1. The van der Waals surface area contributed by atoms with Crippen LogP contribution in [-0.4, -0.2) is 291 Å². The Hall–Kier alpha value is -8.06. The van der Waals surface area contributed by atoms with Crippen LogP contribution in [0.5, 0.6) is 0 Å². The molecule has 0 spiro atoms. The Labute approximate surface area is 704 Å². The highest BCUT2D eigenvalue weighted by Crippen LogP contribution is 2.54. The van der Waals surface area contributed by atoms with Gasteiger partial charge in [-0.15, -0.1) is 0 Å². The van der Waals surface area contributed by atoms with Crippen molar-refractivity contribution in [3.05, 3.63) is 116 Å². The molecule has 0 radical (unpaired) electrons. The average molecular weight is 1700 g/mol. The maximum absolute atomic E-state index is 11.6. The first-order valence-corrected chi connectivity index (χ1v) is 39.7. The first-order chi connectivity index (χ1) is 56.7. The lowest BCUT2D eigenvalue weighted by Gasteiger charge is -2.29. The number of ether oxygens (including phenoxy) is 20. The highest BCUT2D eigenvalue weighted by molar-refractivity contribution is 5.98. The van der Waals surface area contributed by atoms with Crippen molar-refractivity contribution in [1.29, 1.82) is 0 Å². The van der Waals surface area contributed by atoms with Crippen LogP contribution in [0.3, 0.4) is 0 Å². The van der Waals surface area contributed by atoms with Gasteiger partial charge in [0.15, 0.2) is 11.6 Å². The molecule has 10 fully saturated rings. The molecule has 0 aromatic carbocycles. The van der Waals surface area contributed by atoms with E-state index in [-0.39, 0.29) is 156 Å². The van der Waals surface area contributed by atoms with Crippen LogP contribution in [0.25, 0.3) is 0 Å². The van der Waals surface area contributed by atoms with Gasteiger partial charge in [0.25, 0.3) is 0 Å². The zero-order chi connectivity index (χ0) is 89.9. The number of esters is 8. The number of hydrogen-bond acceptors (Lipinski definition) is 32. The summed E-state index contributed by atoms with van der Waals surface area (Å²) in [5, 5.41) is 19.3. The van der Waals surface area contributed by atoms with Crippen LogP contribution in [0.1, 0.15) is 157 Å². The molecular weight excluding hydrogens is 1570 g/mol. The van der Waals surface area contributed by atoms with Gasteiger partial charge in [0, 0.05) is 145 Å². The lowest BCUT2D eigenvalue weighted by Crippen LogP contribution is -2.29. The van der Waals surface area contributed by atoms with Gasteiger partial charge in [-0.2, -0.15) is 0 Å². The van der Waals surface area contributed by atoms with Gasteiger partial charge in [-0.05, 0) is 149 Å². The van der Waals surface area contributed by atoms with Crippen molar-refractivity contribution >= 4 is 59.3 Å². The summed E-state index contributed by atoms with van der Waals surface area (Å²) in [7, 11) is 23.9. The molecule has 18 atom stereocenters. The quantitative estimate of drug-likeness (QED) is 0.0563. The van der Waals surface area contributed by atoms with Gasteiger partial charge < -0.3 is 105 Å². The molecule has 0 bridgehead atoms. The van der Waals surface area contributed by atoms with Crippen LogP contribution in [0.2, 0.25) is 0 Å². The molecule has 0 aromatic heterocycles. The van der Waals surface area contributed by atoms with Crippen LogP contribution in [0, 0.1) is 0 Å². The largest absolute Gasteiger partial charge is 0.469 e. The van der Waals surface area contributed by atoms with Crippen LogP contribution in [-0.2, 0) is 143 Å². The van der Waals surface area contributed by atoms with E-state index >= 15 is 0 Å². The fourth-order valence-corrected chi connectivity index (χ4v) is 15.2. The minimum Gasteiger partial charge on any atom is -0.469 e. The van der Waals surface area contributed by atoms with E-state index < -0.39 is 24.1 Å². The first-order valence-electron chi connectivity index (χ1n) is 39.7. The number of carbonyl (C=O) groups excluding carboxylic acids is 10. The van der Waals surface area contributed by atoms with E-state index in [2.05, 4.69) is 51.1 Å². The molecule has 6 saturated carbocycles. The minimum absolute atomic E-state index is 0.0620. The average Bonchev–Trinajstić information content (AvgIpc) is 1.59. The third-order valence-corrected chi connectivity index (χ3v) is 24.0. The van der Waals surface area contributed by atoms with E-state index in [0.717, 1.165) is 84.8 Å². The maximum Gasteiger partial charge on any atom is 0.330 e. The molecule has 0 amide bonds. The van der Waals surface area contributed by atoms with Gasteiger partial charge in [-0.25, -0.2) is 28.8 Å². The number of hydrogen-bond donors (Lipinski definition) is 2. The molecule has 4 heterocycles. The maximum atomic E-state index is 11.6. The summed E-state index contributed by atoms with van der Waals surface area (Å²) in [6, 6.07) is 0. The number of Topliss-reactive ketones (excluding diaryl/α,β-unsaturated/α-hetero) is 2. The van der Waals surface area contributed by atoms with Crippen LogP contribution in [0.4, 0.5) is 0 Å². The Morgan fingerprint density at radius 2 is 0.542 bits per heavy atom. The lowest BCUT2D eigenvalue weighted by atomic mass is 9.83. The predicted molar refractivity (Wildman–Crippen MR) is 433 cm³/mol. The summed E-state index contributed by atoms with van der Waals surface area (Å²) in [5.41, 5.74) is 8.56. The second-order valence-electron chi connectivity index (χ2n) is 31.2. The molecule has 672 valence electrons. The van der Waals surface area contributed by atoms with Crippen molar-refractivity contribution in [3.8, 4) is 0 Å². The van der Waals surface area contributed by atoms with Gasteiger partial charge in [0.2, 0.25) is 0 Å². The normalized spacial score (nSPS) is 33.3. The number of epoxide rings is 4. The number of aliphatic hydroxyl groups is 2. The Balaban J connectivity index is 0.000000244. The molecule has 0 aromatic rings. The minimum atomic E-state index is -0.639. The van der Waals surface area contributed by atoms with E-state index in [0.29, 0.717) is 84.8 Å². The highest BCUT2D eigenvalue weighted by Gasteiger charge is 2.62. The molecule has 4 saturated heterocycles. The van der Waals surface area contributed by atoms with Crippen molar-refractivity contribution in [2.75, 3.05) is 114 Å². The van der Waals surface area contributed by atoms with E-state index in [9.17, 15) is 58.2 Å². The summed E-state index contributed by atoms with van der Waals surface area (Å²) in [6.07, 6.45) is 20.0. The van der Waals surface area contributed by atoms with Crippen LogP contribution in [0.15, 0.2) is 116 Å². The Kier molecular flexibility index (Phi) is 40.6. The molecule has 12 rings (SSSR count). The number of allylic oxidation sites excluding steroid dienone is 2. The molecule has 8 aliphatic carbocycles. The van der Waals surface area contributed by atoms with E-state index in [4.69, 9.17) is 56.8 Å². The lowest BCUT2D eigenvalue weighted by molar-refractivity contribution is -0.140. The molecule has 32 nitrogen and oxygen atoms in total. The molecule has 4 aliphatic heterocycles. The van der Waals surface area contributed by atoms with Gasteiger partial charge in [-0.1, -0.05) is 24.3 Å². The van der Waals surface area contributed by atoms with Crippen LogP contribution >= 0.6 is 0 Å². The van der Waals surface area contributed by atoms with Gasteiger partial charge in [0.05, 0.1) is 155 Å². The third-order valence-electron chi connectivity index (χ3n) is 24.0. The fraction of sp³-hybridized carbons (Fsp3) is 0.659. The van der Waals surface area contributed by atoms with Crippen molar-refractivity contribution < 1.29 is 153 Å². The molecule has 14 unspecified atom stereocenters. The molecule has 120 heavy (non-hydrogen) atoms. The smallest absolute Gasteiger partial charge is 0.330 e. The zero-order valence-corrected chi connectivity index (χ0v) is 73.8. The first kappa shape index (κ1) is 102. The second kappa shape index (κ2) is 47.5. The number of aliphatic hydroxyl groups excluding tert-OH is 2. The summed E-state index contributed by atoms with van der Waals surface area (Å²) in [5.74, 6) is -2.66. The molecule has 2 N–H and O–H groups in total. The van der Waals surface area contributed by atoms with Gasteiger partial charge in [-0.3, -0.25) is 19.2 Å². The van der Waals surface area contributed by atoms with Crippen molar-refractivity contribution in [3.63, 3.8) is 0 Å². The third kappa shape index (κ3) is 29.0. The summed E-state index contributed by atoms with van der Waals surface area (Å²) in [6.45, 7) is 19.1. The van der Waals surface area contributed by atoms with Crippen molar-refractivity contribution in [2.24, 2.45) is 0 Å². The number of ketones is 2. The van der Waals surface area contributed by atoms with E-state index in [1.165, 1.54) is 93.3 Å². The molecular formula is C88H128O32. The molecule has 12 aliphatic rings. The predicted octanol–water partition coefficient (Wildman–Crippen LogP) is 8.32. The van der Waals surface area contributed by atoms with Gasteiger partial charge in [0.1, 0.15) is 22.4 Å². The second-order valence-corrected chi connectivity index (χ2v) is 31.2. The number of rotatable bonds is 18. The summed E-state index contributed by atoms with van der Waals surface area (Å²) in [4.78, 5) is 112. The number of carbonyl (C=O) groups is 10.